The van der Waals surface area contributed by atoms with E-state index >= 15 is 0 Å². The number of aryl methyl sites for hydroxylation is 1. The number of amides is 1. The van der Waals surface area contributed by atoms with E-state index in [9.17, 15) is 9.59 Å². The molecule has 3 aromatic rings. The Kier molecular flexibility index (Phi) is 5.17. The average molecular weight is 403 g/mol. The number of aromatic nitrogens is 3. The summed E-state index contributed by atoms with van der Waals surface area (Å²) in [6, 6.07) is 7.33. The summed E-state index contributed by atoms with van der Waals surface area (Å²) >= 11 is 7.45. The fourth-order valence-electron chi connectivity index (χ4n) is 2.49. The van der Waals surface area contributed by atoms with Gasteiger partial charge in [-0.15, -0.1) is 11.3 Å². The van der Waals surface area contributed by atoms with Crippen LogP contribution in [0.4, 0.5) is 5.13 Å². The molecule has 140 valence electrons. The Morgan fingerprint density at radius 2 is 1.93 bits per heavy atom. The van der Waals surface area contributed by atoms with Crippen LogP contribution in [0.3, 0.4) is 0 Å². The zero-order chi connectivity index (χ0) is 19.8. The van der Waals surface area contributed by atoms with Gasteiger partial charge in [0, 0.05) is 21.4 Å². The summed E-state index contributed by atoms with van der Waals surface area (Å²) in [5, 5.41) is 5.44. The third-order valence-electron chi connectivity index (χ3n) is 3.91. The molecule has 0 unspecified atom stereocenters. The fraction of sp³-hybridized carbons (Fsp3) is 0.263. The minimum absolute atomic E-state index is 0.0162. The van der Waals surface area contributed by atoms with Gasteiger partial charge in [-0.3, -0.25) is 14.9 Å². The second-order valence-electron chi connectivity index (χ2n) is 7.10. The number of H-pyrrole nitrogens is 1. The van der Waals surface area contributed by atoms with Crippen LogP contribution in [0.5, 0.6) is 0 Å². The summed E-state index contributed by atoms with van der Waals surface area (Å²) in [5.74, 6) is -0.00132. The molecule has 0 spiro atoms. The van der Waals surface area contributed by atoms with Crippen LogP contribution in [0.1, 0.15) is 42.6 Å². The molecule has 0 atom stereocenters. The molecule has 8 heteroatoms. The Bertz CT molecular complexity index is 1070. The van der Waals surface area contributed by atoms with E-state index in [1.165, 1.54) is 11.3 Å². The van der Waals surface area contributed by atoms with Crippen LogP contribution in [0, 0.1) is 6.92 Å². The van der Waals surface area contributed by atoms with E-state index < -0.39 is 11.5 Å². The summed E-state index contributed by atoms with van der Waals surface area (Å²) in [6.45, 7) is 7.47. The van der Waals surface area contributed by atoms with Crippen molar-refractivity contribution in [3.05, 3.63) is 62.1 Å². The topological polar surface area (TPSA) is 87.7 Å². The Labute approximate surface area is 165 Å². The van der Waals surface area contributed by atoms with Gasteiger partial charge in [0.1, 0.15) is 11.4 Å². The highest BCUT2D eigenvalue weighted by Crippen LogP contribution is 2.30. The third-order valence-corrected chi connectivity index (χ3v) is 5.00. The maximum absolute atomic E-state index is 12.6. The van der Waals surface area contributed by atoms with Crippen LogP contribution in [0.2, 0.25) is 5.02 Å². The first-order valence-corrected chi connectivity index (χ1v) is 9.56. The lowest BCUT2D eigenvalue weighted by Gasteiger charge is -2.18. The molecule has 0 aliphatic rings. The van der Waals surface area contributed by atoms with E-state index in [2.05, 4.69) is 20.3 Å². The van der Waals surface area contributed by atoms with Crippen molar-refractivity contribution in [2.24, 2.45) is 0 Å². The predicted molar refractivity (Wildman–Crippen MR) is 109 cm³/mol. The van der Waals surface area contributed by atoms with Gasteiger partial charge < -0.3 is 4.98 Å². The number of benzene rings is 1. The summed E-state index contributed by atoms with van der Waals surface area (Å²) in [4.78, 5) is 36.5. The lowest BCUT2D eigenvalue weighted by atomic mass is 9.95. The van der Waals surface area contributed by atoms with Crippen LogP contribution in [0.25, 0.3) is 11.3 Å². The average Bonchev–Trinajstić information content (AvgIpc) is 3.02. The van der Waals surface area contributed by atoms with Crippen LogP contribution in [0.15, 0.2) is 34.4 Å². The number of carbonyl (C=O) groups excluding carboxylic acids is 1. The lowest BCUT2D eigenvalue weighted by molar-refractivity contribution is 0.102. The molecule has 2 N–H and O–H groups in total. The van der Waals surface area contributed by atoms with E-state index in [-0.39, 0.29) is 11.0 Å². The van der Waals surface area contributed by atoms with Crippen molar-refractivity contribution < 1.29 is 4.79 Å². The number of hydrogen-bond acceptors (Lipinski definition) is 5. The molecule has 0 saturated carbocycles. The first kappa shape index (κ1) is 19.3. The maximum atomic E-state index is 12.6. The van der Waals surface area contributed by atoms with Gasteiger partial charge in [-0.2, -0.15) is 0 Å². The van der Waals surface area contributed by atoms with Crippen molar-refractivity contribution in [3.63, 3.8) is 0 Å². The number of rotatable bonds is 3. The van der Waals surface area contributed by atoms with Gasteiger partial charge >= 0.3 is 0 Å². The molecule has 6 nitrogen and oxygen atoms in total. The zero-order valence-electron chi connectivity index (χ0n) is 15.4. The molecule has 27 heavy (non-hydrogen) atoms. The van der Waals surface area contributed by atoms with Gasteiger partial charge in [-0.05, 0) is 13.0 Å². The largest absolute Gasteiger partial charge is 0.309 e. The number of hydrogen-bond donors (Lipinski definition) is 2. The summed E-state index contributed by atoms with van der Waals surface area (Å²) in [7, 11) is 0. The molecule has 1 amide bonds. The van der Waals surface area contributed by atoms with Gasteiger partial charge in [-0.25, -0.2) is 9.97 Å². The third kappa shape index (κ3) is 4.09. The second-order valence-corrected chi connectivity index (χ2v) is 8.36. The standard InChI is InChI=1S/C19H19ClN4O2S/c1-10-14(15(25)23-17(21-10)19(2,3)4)16(26)24-18-22-13(9-27-18)11-7-5-6-8-12(11)20/h5-9H,1-4H3,(H,21,23,25)(H,22,24,26). The van der Waals surface area contributed by atoms with Gasteiger partial charge in [0.2, 0.25) is 0 Å². The Hall–Kier alpha value is -2.51. The van der Waals surface area contributed by atoms with Gasteiger partial charge in [-0.1, -0.05) is 50.6 Å². The van der Waals surface area contributed by atoms with E-state index in [1.807, 2.05) is 39.0 Å². The monoisotopic (exact) mass is 402 g/mol. The zero-order valence-corrected chi connectivity index (χ0v) is 17.0. The smallest absolute Gasteiger partial charge is 0.264 e. The minimum Gasteiger partial charge on any atom is -0.309 e. The molecule has 0 fully saturated rings. The molecule has 0 radical (unpaired) electrons. The van der Waals surface area contributed by atoms with Crippen LogP contribution in [-0.4, -0.2) is 20.9 Å². The van der Waals surface area contributed by atoms with Crippen LogP contribution < -0.4 is 10.9 Å². The first-order valence-electron chi connectivity index (χ1n) is 8.30. The number of aromatic amines is 1. The quantitative estimate of drug-likeness (QED) is 0.679. The van der Waals surface area contributed by atoms with E-state index in [1.54, 1.807) is 18.4 Å². The molecule has 3 rings (SSSR count). The number of nitrogens with zero attached hydrogens (tertiary/aromatic N) is 2. The number of carbonyl (C=O) groups is 1. The van der Waals surface area contributed by atoms with Crippen LogP contribution >= 0.6 is 22.9 Å². The number of thiazole rings is 1. The number of anilines is 1. The highest BCUT2D eigenvalue weighted by atomic mass is 35.5. The SMILES string of the molecule is Cc1nc(C(C)(C)C)[nH]c(=O)c1C(=O)Nc1nc(-c2ccccc2Cl)cs1. The summed E-state index contributed by atoms with van der Waals surface area (Å²) < 4.78 is 0. The van der Waals surface area contributed by atoms with Gasteiger partial charge in [0.05, 0.1) is 11.4 Å². The van der Waals surface area contributed by atoms with E-state index in [4.69, 9.17) is 11.6 Å². The van der Waals surface area contributed by atoms with Crippen molar-refractivity contribution >= 4 is 34.0 Å². The molecule has 0 bridgehead atoms. The summed E-state index contributed by atoms with van der Waals surface area (Å²) in [5.41, 5.74) is 1.01. The Morgan fingerprint density at radius 1 is 1.22 bits per heavy atom. The molecule has 0 saturated heterocycles. The molecule has 2 heterocycles. The van der Waals surface area contributed by atoms with Crippen molar-refractivity contribution in [2.45, 2.75) is 33.1 Å². The van der Waals surface area contributed by atoms with E-state index in [0.717, 1.165) is 5.56 Å². The highest BCUT2D eigenvalue weighted by molar-refractivity contribution is 7.14. The fourth-order valence-corrected chi connectivity index (χ4v) is 3.43. The molecule has 1 aromatic carbocycles. The minimum atomic E-state index is -0.540. The second kappa shape index (κ2) is 7.25. The van der Waals surface area contributed by atoms with Crippen LogP contribution in [-0.2, 0) is 5.41 Å². The number of halogens is 1. The van der Waals surface area contributed by atoms with E-state index in [0.29, 0.717) is 27.4 Å². The lowest BCUT2D eigenvalue weighted by Crippen LogP contribution is -2.30. The van der Waals surface area contributed by atoms with Gasteiger partial charge in [0.25, 0.3) is 11.5 Å². The Morgan fingerprint density at radius 3 is 2.56 bits per heavy atom. The normalized spacial score (nSPS) is 11.4. The molecule has 0 aliphatic heterocycles. The van der Waals surface area contributed by atoms with Crippen molar-refractivity contribution in [1.29, 1.82) is 0 Å². The maximum Gasteiger partial charge on any atom is 0.264 e. The molecule has 2 aromatic heterocycles. The number of nitrogens with one attached hydrogen (secondary N) is 2. The van der Waals surface area contributed by atoms with Crippen molar-refractivity contribution in [1.82, 2.24) is 15.0 Å². The van der Waals surface area contributed by atoms with Crippen molar-refractivity contribution in [3.8, 4) is 11.3 Å². The predicted octanol–water partition coefficient (Wildman–Crippen LogP) is 4.41. The Balaban J connectivity index is 1.87. The summed E-state index contributed by atoms with van der Waals surface area (Å²) in [6.07, 6.45) is 0. The molecular formula is C19H19ClN4O2S. The van der Waals surface area contributed by atoms with Gasteiger partial charge in [0.15, 0.2) is 5.13 Å². The highest BCUT2D eigenvalue weighted by Gasteiger charge is 2.22. The molecule has 0 aliphatic carbocycles. The first-order chi connectivity index (χ1) is 12.7. The molecular weight excluding hydrogens is 384 g/mol. The van der Waals surface area contributed by atoms with Crippen molar-refractivity contribution in [2.75, 3.05) is 5.32 Å².